The van der Waals surface area contributed by atoms with Crippen LogP contribution in [0.2, 0.25) is 5.02 Å². The Hall–Kier alpha value is -3.42. The fraction of sp³-hybridized carbons (Fsp3) is 0.345. The average molecular weight is 521 g/mol. The largest absolute Gasteiger partial charge is 0.487 e. The van der Waals surface area contributed by atoms with Crippen LogP contribution < -0.4 is 10.1 Å². The van der Waals surface area contributed by atoms with Crippen LogP contribution in [0.5, 0.6) is 5.75 Å². The highest BCUT2D eigenvalue weighted by atomic mass is 35.5. The molecule has 0 spiro atoms. The average Bonchev–Trinajstić information content (AvgIpc) is 2.89. The Morgan fingerprint density at radius 2 is 2.08 bits per heavy atom. The number of aromatic nitrogens is 2. The number of hydrogen-bond acceptors (Lipinski definition) is 6. The quantitative estimate of drug-likeness (QED) is 0.386. The summed E-state index contributed by atoms with van der Waals surface area (Å²) in [7, 11) is 4.01. The standard InChI is InChI=1S/C29H33ClN4O3/c1-5-7-26(34(3)4)23-14-19(2)33-28-22(23)8-6-9-27(28)37-18-24-21(15-31-17-25(24)30)16-32-29(35)20-10-12-36-13-11-20/h5-9,14-15,17,20H,1,10-13,16,18H2,2-4H3,(H,32,35)/b26-7-. The first kappa shape index (κ1) is 26.6. The molecule has 0 saturated carbocycles. The number of carbonyl (C=O) groups excluding carboxylic acids is 1. The number of allylic oxidation sites excluding steroid dienone is 2. The molecule has 1 aromatic carbocycles. The molecule has 1 fully saturated rings. The van der Waals surface area contributed by atoms with E-state index in [0.717, 1.165) is 51.8 Å². The zero-order valence-electron chi connectivity index (χ0n) is 21.6. The summed E-state index contributed by atoms with van der Waals surface area (Å²) in [4.78, 5) is 23.7. The molecular weight excluding hydrogens is 488 g/mol. The summed E-state index contributed by atoms with van der Waals surface area (Å²) in [5.41, 5.74) is 5.34. The molecular formula is C29H33ClN4O3. The predicted octanol–water partition coefficient (Wildman–Crippen LogP) is 5.30. The van der Waals surface area contributed by atoms with Crippen molar-refractivity contribution in [2.24, 2.45) is 5.92 Å². The van der Waals surface area contributed by atoms with Gasteiger partial charge in [0.15, 0.2) is 0 Å². The first-order chi connectivity index (χ1) is 17.9. The van der Waals surface area contributed by atoms with Gasteiger partial charge < -0.3 is 19.7 Å². The van der Waals surface area contributed by atoms with E-state index in [1.807, 2.05) is 45.3 Å². The SMILES string of the molecule is C=C/C=C(/c1cc(C)nc2c(OCc3c(Cl)cncc3CNC(=O)C3CCOCC3)cccc12)N(C)C. The number of ether oxygens (including phenoxy) is 2. The van der Waals surface area contributed by atoms with Gasteiger partial charge in [0.05, 0.1) is 5.02 Å². The summed E-state index contributed by atoms with van der Waals surface area (Å²) in [6.07, 6.45) is 8.56. The molecule has 0 radical (unpaired) electrons. The van der Waals surface area contributed by atoms with Crippen molar-refractivity contribution in [3.8, 4) is 5.75 Å². The minimum Gasteiger partial charge on any atom is -0.487 e. The lowest BCUT2D eigenvalue weighted by Gasteiger charge is -2.22. The van der Waals surface area contributed by atoms with Crippen LogP contribution in [-0.2, 0) is 22.7 Å². The van der Waals surface area contributed by atoms with E-state index in [-0.39, 0.29) is 18.4 Å². The molecule has 1 aliphatic heterocycles. The number of amides is 1. The van der Waals surface area contributed by atoms with Gasteiger partial charge in [-0.25, -0.2) is 4.98 Å². The number of benzene rings is 1. The fourth-order valence-electron chi connectivity index (χ4n) is 4.52. The number of hydrogen-bond donors (Lipinski definition) is 1. The first-order valence-electron chi connectivity index (χ1n) is 12.4. The number of aryl methyl sites for hydroxylation is 1. The number of nitrogens with one attached hydrogen (secondary N) is 1. The van der Waals surface area contributed by atoms with Gasteiger partial charge in [0.25, 0.3) is 0 Å². The van der Waals surface area contributed by atoms with E-state index >= 15 is 0 Å². The molecule has 4 rings (SSSR count). The van der Waals surface area contributed by atoms with Crippen LogP contribution in [-0.4, -0.2) is 48.1 Å². The third-order valence-corrected chi connectivity index (χ3v) is 6.80. The number of rotatable bonds is 9. The Bertz CT molecular complexity index is 1320. The van der Waals surface area contributed by atoms with E-state index in [4.69, 9.17) is 26.1 Å². The lowest BCUT2D eigenvalue weighted by atomic mass is 9.99. The number of para-hydroxylation sites is 1. The smallest absolute Gasteiger partial charge is 0.223 e. The summed E-state index contributed by atoms with van der Waals surface area (Å²) in [6.45, 7) is 7.63. The van der Waals surface area contributed by atoms with Crippen molar-refractivity contribution in [2.45, 2.75) is 32.9 Å². The zero-order valence-corrected chi connectivity index (χ0v) is 22.3. The molecule has 1 saturated heterocycles. The van der Waals surface area contributed by atoms with Gasteiger partial charge in [-0.1, -0.05) is 36.4 Å². The van der Waals surface area contributed by atoms with Gasteiger partial charge in [-0.15, -0.1) is 0 Å². The molecule has 2 aromatic heterocycles. The van der Waals surface area contributed by atoms with Gasteiger partial charge in [0, 0.05) is 80.1 Å². The molecule has 8 heteroatoms. The molecule has 0 aliphatic carbocycles. The topological polar surface area (TPSA) is 76.6 Å². The monoisotopic (exact) mass is 520 g/mol. The molecule has 3 heterocycles. The molecule has 0 atom stereocenters. The van der Waals surface area contributed by atoms with Crippen molar-refractivity contribution in [3.05, 3.63) is 82.8 Å². The first-order valence-corrected chi connectivity index (χ1v) is 12.8. The minimum absolute atomic E-state index is 0.0259. The summed E-state index contributed by atoms with van der Waals surface area (Å²) in [5.74, 6) is 0.659. The van der Waals surface area contributed by atoms with Crippen LogP contribution in [0.3, 0.4) is 0 Å². The summed E-state index contributed by atoms with van der Waals surface area (Å²) in [6, 6.07) is 7.98. The van der Waals surface area contributed by atoms with Crippen LogP contribution in [0, 0.1) is 12.8 Å². The number of halogens is 1. The van der Waals surface area contributed by atoms with E-state index in [0.29, 0.717) is 30.5 Å². The Balaban J connectivity index is 1.59. The van der Waals surface area contributed by atoms with Crippen LogP contribution in [0.1, 0.15) is 35.2 Å². The van der Waals surface area contributed by atoms with Crippen LogP contribution in [0.4, 0.5) is 0 Å². The number of nitrogens with zero attached hydrogens (tertiary/aromatic N) is 3. The van der Waals surface area contributed by atoms with E-state index in [1.54, 1.807) is 18.5 Å². The molecule has 1 aliphatic rings. The summed E-state index contributed by atoms with van der Waals surface area (Å²) < 4.78 is 11.7. The lowest BCUT2D eigenvalue weighted by molar-refractivity contribution is -0.128. The van der Waals surface area contributed by atoms with Crippen molar-refractivity contribution in [2.75, 3.05) is 27.3 Å². The molecule has 1 N–H and O–H groups in total. The fourth-order valence-corrected chi connectivity index (χ4v) is 4.75. The van der Waals surface area contributed by atoms with Gasteiger partial charge in [-0.3, -0.25) is 9.78 Å². The maximum absolute atomic E-state index is 12.6. The molecule has 194 valence electrons. The van der Waals surface area contributed by atoms with Gasteiger partial charge >= 0.3 is 0 Å². The Morgan fingerprint density at radius 1 is 1.30 bits per heavy atom. The van der Waals surface area contributed by atoms with E-state index < -0.39 is 0 Å². The third-order valence-electron chi connectivity index (χ3n) is 6.48. The predicted molar refractivity (Wildman–Crippen MR) is 147 cm³/mol. The summed E-state index contributed by atoms with van der Waals surface area (Å²) in [5, 5.41) is 4.51. The normalized spacial score (nSPS) is 14.4. The second-order valence-electron chi connectivity index (χ2n) is 9.30. The second kappa shape index (κ2) is 12.2. The number of carbonyl (C=O) groups is 1. The maximum Gasteiger partial charge on any atom is 0.223 e. The molecule has 7 nitrogen and oxygen atoms in total. The summed E-state index contributed by atoms with van der Waals surface area (Å²) >= 11 is 6.53. The van der Waals surface area contributed by atoms with Gasteiger partial charge in [0.1, 0.15) is 17.9 Å². The highest BCUT2D eigenvalue weighted by molar-refractivity contribution is 6.31. The Labute approximate surface area is 223 Å². The van der Waals surface area contributed by atoms with Crippen molar-refractivity contribution in [1.29, 1.82) is 0 Å². The highest BCUT2D eigenvalue weighted by Crippen LogP contribution is 2.32. The van der Waals surface area contributed by atoms with Crippen molar-refractivity contribution >= 4 is 34.1 Å². The maximum atomic E-state index is 12.6. The van der Waals surface area contributed by atoms with Gasteiger partial charge in [0.2, 0.25) is 5.91 Å². The van der Waals surface area contributed by atoms with Crippen LogP contribution >= 0.6 is 11.6 Å². The molecule has 37 heavy (non-hydrogen) atoms. The third kappa shape index (κ3) is 6.29. The van der Waals surface area contributed by atoms with Crippen LogP contribution in [0.15, 0.2) is 55.4 Å². The molecule has 0 unspecified atom stereocenters. The van der Waals surface area contributed by atoms with Crippen LogP contribution in [0.25, 0.3) is 16.6 Å². The Morgan fingerprint density at radius 3 is 2.81 bits per heavy atom. The number of fused-ring (bicyclic) bond motifs is 1. The van der Waals surface area contributed by atoms with Gasteiger partial charge in [-0.05, 0) is 43.5 Å². The van der Waals surface area contributed by atoms with E-state index in [9.17, 15) is 4.79 Å². The minimum atomic E-state index is -0.0259. The lowest BCUT2D eigenvalue weighted by Crippen LogP contribution is -2.34. The van der Waals surface area contributed by atoms with E-state index in [2.05, 4.69) is 27.8 Å². The molecule has 1 amide bonds. The van der Waals surface area contributed by atoms with Crippen molar-refractivity contribution in [3.63, 3.8) is 0 Å². The number of pyridine rings is 2. The second-order valence-corrected chi connectivity index (χ2v) is 9.70. The highest BCUT2D eigenvalue weighted by Gasteiger charge is 2.22. The molecule has 0 bridgehead atoms. The van der Waals surface area contributed by atoms with Gasteiger partial charge in [-0.2, -0.15) is 0 Å². The molecule has 3 aromatic rings. The Kier molecular flexibility index (Phi) is 8.79. The van der Waals surface area contributed by atoms with Crippen molar-refractivity contribution < 1.29 is 14.3 Å². The van der Waals surface area contributed by atoms with E-state index in [1.165, 1.54) is 0 Å². The van der Waals surface area contributed by atoms with Crippen molar-refractivity contribution in [1.82, 2.24) is 20.2 Å². The zero-order chi connectivity index (χ0) is 26.4.